The molecule has 0 saturated carbocycles. The lowest BCUT2D eigenvalue weighted by Gasteiger charge is -2.39. The second-order valence-electron chi connectivity index (χ2n) is 6.11. The monoisotopic (exact) mass is 354 g/mol. The third-order valence-electron chi connectivity index (χ3n) is 4.29. The van der Waals surface area contributed by atoms with Crippen molar-refractivity contribution in [3.8, 4) is 0 Å². The summed E-state index contributed by atoms with van der Waals surface area (Å²) in [5, 5.41) is 3.46. The van der Waals surface area contributed by atoms with Crippen LogP contribution < -0.4 is 10.2 Å². The number of hydrogen-bond acceptors (Lipinski definition) is 3. The minimum Gasteiger partial charge on any atom is -0.383 e. The highest BCUT2D eigenvalue weighted by atomic mass is 79.9. The Hall–Kier alpha value is -0.580. The summed E-state index contributed by atoms with van der Waals surface area (Å²) in [6.07, 6.45) is 2.57. The first kappa shape index (κ1) is 16.8. The molecular formula is C17H27BrN2O. The molecule has 0 radical (unpaired) electrons. The number of benzene rings is 1. The molecule has 1 aliphatic heterocycles. The highest BCUT2D eigenvalue weighted by Gasteiger charge is 2.24. The van der Waals surface area contributed by atoms with Crippen LogP contribution in [0.25, 0.3) is 0 Å². The summed E-state index contributed by atoms with van der Waals surface area (Å²) < 4.78 is 6.25. The van der Waals surface area contributed by atoms with E-state index in [2.05, 4.69) is 58.2 Å². The zero-order valence-corrected chi connectivity index (χ0v) is 14.9. The van der Waals surface area contributed by atoms with E-state index >= 15 is 0 Å². The Bertz CT molecular complexity index is 452. The molecule has 2 atom stereocenters. The van der Waals surface area contributed by atoms with E-state index < -0.39 is 0 Å². The lowest BCUT2D eigenvalue weighted by molar-refractivity contribution is 0.199. The van der Waals surface area contributed by atoms with E-state index in [0.29, 0.717) is 6.04 Å². The van der Waals surface area contributed by atoms with Gasteiger partial charge in [-0.25, -0.2) is 0 Å². The normalized spacial score (nSPS) is 22.6. The second kappa shape index (κ2) is 8.16. The second-order valence-corrected chi connectivity index (χ2v) is 7.03. The third kappa shape index (κ3) is 4.70. The number of rotatable bonds is 6. The molecule has 2 rings (SSSR count). The van der Waals surface area contributed by atoms with Crippen LogP contribution in [0, 0.1) is 5.92 Å². The number of nitrogens with zero attached hydrogens (tertiary/aromatic N) is 1. The lowest BCUT2D eigenvalue weighted by Crippen LogP contribution is -2.41. The molecule has 3 nitrogen and oxygen atoms in total. The summed E-state index contributed by atoms with van der Waals surface area (Å²) >= 11 is 3.62. The number of ether oxygens (including phenoxy) is 1. The Balaban J connectivity index is 2.11. The lowest BCUT2D eigenvalue weighted by atomic mass is 9.92. The molecule has 0 aromatic heterocycles. The Morgan fingerprint density at radius 3 is 2.90 bits per heavy atom. The largest absolute Gasteiger partial charge is 0.383 e. The van der Waals surface area contributed by atoms with Gasteiger partial charge in [0.05, 0.1) is 6.61 Å². The van der Waals surface area contributed by atoms with Crippen molar-refractivity contribution in [3.05, 3.63) is 28.2 Å². The molecule has 0 aliphatic carbocycles. The van der Waals surface area contributed by atoms with Gasteiger partial charge >= 0.3 is 0 Å². The van der Waals surface area contributed by atoms with Gasteiger partial charge in [-0.05, 0) is 43.4 Å². The summed E-state index contributed by atoms with van der Waals surface area (Å²) in [5.41, 5.74) is 2.74. The summed E-state index contributed by atoms with van der Waals surface area (Å²) in [6.45, 7) is 8.40. The molecule has 118 valence electrons. The topological polar surface area (TPSA) is 24.5 Å². The van der Waals surface area contributed by atoms with Gasteiger partial charge in [-0.3, -0.25) is 0 Å². The number of nitrogens with one attached hydrogen (secondary N) is 1. The van der Waals surface area contributed by atoms with Crippen LogP contribution in [0.3, 0.4) is 0 Å². The van der Waals surface area contributed by atoms with Crippen LogP contribution in [0.4, 0.5) is 5.69 Å². The fraction of sp³-hybridized carbons (Fsp3) is 0.647. The predicted molar refractivity (Wildman–Crippen MR) is 92.9 cm³/mol. The molecule has 21 heavy (non-hydrogen) atoms. The molecule has 1 aliphatic rings. The van der Waals surface area contributed by atoms with Crippen LogP contribution in [0.15, 0.2) is 22.7 Å². The Labute approximate surface area is 137 Å². The van der Waals surface area contributed by atoms with Crippen molar-refractivity contribution < 1.29 is 4.74 Å². The van der Waals surface area contributed by atoms with Crippen LogP contribution in [0.1, 0.15) is 32.3 Å². The van der Waals surface area contributed by atoms with Crippen molar-refractivity contribution in [1.29, 1.82) is 0 Å². The standard InChI is InChI=1S/C17H27BrN2O/c1-13-6-8-20(14(2)10-13)17-11-16(18)5-4-15(17)12-19-7-9-21-3/h4-5,11,13-14,19H,6-10,12H2,1-3H3. The quantitative estimate of drug-likeness (QED) is 0.786. The van der Waals surface area contributed by atoms with Gasteiger partial charge in [0, 0.05) is 42.9 Å². The van der Waals surface area contributed by atoms with E-state index in [4.69, 9.17) is 4.74 Å². The number of anilines is 1. The average molecular weight is 355 g/mol. The van der Waals surface area contributed by atoms with Gasteiger partial charge in [0.15, 0.2) is 0 Å². The molecule has 0 bridgehead atoms. The minimum atomic E-state index is 0.612. The van der Waals surface area contributed by atoms with Crippen molar-refractivity contribution in [1.82, 2.24) is 5.32 Å². The molecule has 4 heteroatoms. The van der Waals surface area contributed by atoms with Gasteiger partial charge in [-0.15, -0.1) is 0 Å². The van der Waals surface area contributed by atoms with E-state index in [0.717, 1.165) is 36.6 Å². The zero-order chi connectivity index (χ0) is 15.2. The zero-order valence-electron chi connectivity index (χ0n) is 13.4. The van der Waals surface area contributed by atoms with Crippen LogP contribution >= 0.6 is 15.9 Å². The maximum Gasteiger partial charge on any atom is 0.0587 e. The van der Waals surface area contributed by atoms with Crippen molar-refractivity contribution in [3.63, 3.8) is 0 Å². The highest BCUT2D eigenvalue weighted by Crippen LogP contribution is 2.32. The highest BCUT2D eigenvalue weighted by molar-refractivity contribution is 9.10. The average Bonchev–Trinajstić information content (AvgIpc) is 2.45. The maximum absolute atomic E-state index is 5.09. The van der Waals surface area contributed by atoms with Gasteiger partial charge in [-0.2, -0.15) is 0 Å². The van der Waals surface area contributed by atoms with Crippen molar-refractivity contribution in [2.75, 3.05) is 31.7 Å². The molecule has 1 aromatic carbocycles. The van der Waals surface area contributed by atoms with Crippen molar-refractivity contribution in [2.24, 2.45) is 5.92 Å². The first-order valence-electron chi connectivity index (χ1n) is 7.86. The SMILES string of the molecule is COCCNCc1ccc(Br)cc1N1CCC(C)CC1C. The first-order chi connectivity index (χ1) is 10.1. The van der Waals surface area contributed by atoms with Crippen LogP contribution in [0.2, 0.25) is 0 Å². The molecule has 1 saturated heterocycles. The van der Waals surface area contributed by atoms with Gasteiger partial charge in [-0.1, -0.05) is 28.9 Å². The van der Waals surface area contributed by atoms with E-state index in [9.17, 15) is 0 Å². The Kier molecular flexibility index (Phi) is 6.52. The number of methoxy groups -OCH3 is 1. The first-order valence-corrected chi connectivity index (χ1v) is 8.66. The van der Waals surface area contributed by atoms with E-state index in [1.807, 2.05) is 0 Å². The molecular weight excluding hydrogens is 328 g/mol. The van der Waals surface area contributed by atoms with Crippen LogP contribution in [-0.2, 0) is 11.3 Å². The summed E-state index contributed by atoms with van der Waals surface area (Å²) in [7, 11) is 1.74. The summed E-state index contributed by atoms with van der Waals surface area (Å²) in [5.74, 6) is 0.840. The number of hydrogen-bond donors (Lipinski definition) is 1. The third-order valence-corrected chi connectivity index (χ3v) is 4.79. The van der Waals surface area contributed by atoms with Crippen LogP contribution in [0.5, 0.6) is 0 Å². The van der Waals surface area contributed by atoms with E-state index in [1.54, 1.807) is 7.11 Å². The summed E-state index contributed by atoms with van der Waals surface area (Å²) in [4.78, 5) is 2.57. The van der Waals surface area contributed by atoms with Crippen LogP contribution in [-0.4, -0.2) is 32.8 Å². The summed E-state index contributed by atoms with van der Waals surface area (Å²) in [6, 6.07) is 7.23. The molecule has 1 N–H and O–H groups in total. The Morgan fingerprint density at radius 1 is 1.38 bits per heavy atom. The van der Waals surface area contributed by atoms with Gasteiger partial charge in [0.1, 0.15) is 0 Å². The van der Waals surface area contributed by atoms with Crippen molar-refractivity contribution in [2.45, 2.75) is 39.3 Å². The smallest absolute Gasteiger partial charge is 0.0587 e. The number of piperidine rings is 1. The molecule has 1 heterocycles. The van der Waals surface area contributed by atoms with E-state index in [1.165, 1.54) is 24.1 Å². The molecule has 1 aromatic rings. The van der Waals surface area contributed by atoms with Gasteiger partial charge in [0.25, 0.3) is 0 Å². The van der Waals surface area contributed by atoms with Gasteiger partial charge in [0.2, 0.25) is 0 Å². The maximum atomic E-state index is 5.09. The molecule has 2 unspecified atom stereocenters. The predicted octanol–water partition coefficient (Wildman–Crippen LogP) is 3.81. The molecule has 0 spiro atoms. The number of halogens is 1. The minimum absolute atomic E-state index is 0.612. The Morgan fingerprint density at radius 2 is 2.19 bits per heavy atom. The molecule has 1 fully saturated rings. The van der Waals surface area contributed by atoms with Gasteiger partial charge < -0.3 is 15.0 Å². The fourth-order valence-electron chi connectivity index (χ4n) is 3.12. The van der Waals surface area contributed by atoms with Crippen molar-refractivity contribution >= 4 is 21.6 Å². The fourth-order valence-corrected chi connectivity index (χ4v) is 3.47. The van der Waals surface area contributed by atoms with E-state index in [-0.39, 0.29) is 0 Å². The molecule has 0 amide bonds.